The van der Waals surface area contributed by atoms with Crippen LogP contribution in [-0.4, -0.2) is 38.1 Å². The first kappa shape index (κ1) is 8.95. The van der Waals surface area contributed by atoms with Gasteiger partial charge in [-0.2, -0.15) is 0 Å². The molecule has 1 saturated heterocycles. The van der Waals surface area contributed by atoms with E-state index in [0.717, 1.165) is 0 Å². The number of amides is 2. The number of hydrogen-bond acceptors (Lipinski definition) is 4. The Morgan fingerprint density at radius 3 is 3.08 bits per heavy atom. The van der Waals surface area contributed by atoms with Gasteiger partial charge >= 0.3 is 0 Å². The topological polar surface area (TPSA) is 79.5 Å². The second kappa shape index (κ2) is 4.03. The molecule has 0 radical (unpaired) electrons. The molecule has 1 heterocycles. The van der Waals surface area contributed by atoms with Crippen molar-refractivity contribution in [3.63, 3.8) is 0 Å². The molecule has 1 aliphatic heterocycles. The molecule has 1 aliphatic rings. The fraction of sp³-hybridized carbons (Fsp3) is 0.667. The average Bonchev–Trinajstić information content (AvgIpc) is 2.37. The van der Waals surface area contributed by atoms with Crippen molar-refractivity contribution in [3.05, 3.63) is 0 Å². The Bertz CT molecular complexity index is 194. The third-order valence-corrected chi connectivity index (χ3v) is 1.41. The van der Waals surface area contributed by atoms with E-state index in [-0.39, 0.29) is 25.0 Å². The Hall–Kier alpha value is -1.14. The van der Waals surface area contributed by atoms with Gasteiger partial charge < -0.3 is 10.6 Å². The van der Waals surface area contributed by atoms with E-state index in [4.69, 9.17) is 0 Å². The van der Waals surface area contributed by atoms with E-state index < -0.39 is 6.04 Å². The minimum absolute atomic E-state index is 0.189. The zero-order chi connectivity index (χ0) is 8.97. The van der Waals surface area contributed by atoms with E-state index in [2.05, 4.69) is 21.0 Å². The molecule has 1 rings (SSSR count). The summed E-state index contributed by atoms with van der Waals surface area (Å²) in [7, 11) is 1.66. The quantitative estimate of drug-likeness (QED) is 0.450. The van der Waals surface area contributed by atoms with Crippen LogP contribution in [0.2, 0.25) is 0 Å². The summed E-state index contributed by atoms with van der Waals surface area (Å²) in [5, 5.41) is 5.16. The lowest BCUT2D eigenvalue weighted by Gasteiger charge is -2.06. The van der Waals surface area contributed by atoms with Gasteiger partial charge in [-0.25, -0.2) is 5.48 Å². The van der Waals surface area contributed by atoms with Crippen molar-refractivity contribution in [1.29, 1.82) is 0 Å². The molecule has 6 heteroatoms. The lowest BCUT2D eigenvalue weighted by molar-refractivity contribution is -0.128. The van der Waals surface area contributed by atoms with E-state index in [1.165, 1.54) is 0 Å². The fourth-order valence-corrected chi connectivity index (χ4v) is 0.856. The van der Waals surface area contributed by atoms with Crippen LogP contribution >= 0.6 is 0 Å². The zero-order valence-corrected chi connectivity index (χ0v) is 6.72. The first-order chi connectivity index (χ1) is 5.74. The van der Waals surface area contributed by atoms with Crippen LogP contribution in [0.3, 0.4) is 0 Å². The summed E-state index contributed by atoms with van der Waals surface area (Å²) < 4.78 is 0. The number of carbonyl (C=O) groups excluding carboxylic acids is 2. The molecule has 68 valence electrons. The van der Waals surface area contributed by atoms with Crippen LogP contribution in [0.4, 0.5) is 0 Å². The lowest BCUT2D eigenvalue weighted by Crippen LogP contribution is -2.44. The van der Waals surface area contributed by atoms with Crippen LogP contribution in [0, 0.1) is 0 Å². The molecule has 3 N–H and O–H groups in total. The summed E-state index contributed by atoms with van der Waals surface area (Å²) in [5.74, 6) is -0.525. The van der Waals surface area contributed by atoms with Gasteiger partial charge in [0.2, 0.25) is 5.91 Å². The molecule has 0 saturated carbocycles. The van der Waals surface area contributed by atoms with Crippen LogP contribution in [0.5, 0.6) is 0 Å². The van der Waals surface area contributed by atoms with E-state index >= 15 is 0 Å². The van der Waals surface area contributed by atoms with Gasteiger partial charge in [0.1, 0.15) is 12.6 Å². The molecule has 2 amide bonds. The van der Waals surface area contributed by atoms with Gasteiger partial charge in [-0.3, -0.25) is 14.4 Å². The summed E-state index contributed by atoms with van der Waals surface area (Å²) in [6.45, 7) is 0.387. The number of likely N-dealkylation sites (N-methyl/N-ethyl adjacent to an activating group) is 1. The number of hydrogen-bond donors (Lipinski definition) is 3. The van der Waals surface area contributed by atoms with Gasteiger partial charge in [0.05, 0.1) is 6.54 Å². The van der Waals surface area contributed by atoms with Crippen molar-refractivity contribution < 1.29 is 14.4 Å². The maximum Gasteiger partial charge on any atom is 0.268 e. The third-order valence-electron chi connectivity index (χ3n) is 1.41. The molecular weight excluding hydrogens is 162 g/mol. The molecule has 0 aromatic rings. The Morgan fingerprint density at radius 1 is 1.83 bits per heavy atom. The van der Waals surface area contributed by atoms with Crippen LogP contribution in [0.1, 0.15) is 0 Å². The van der Waals surface area contributed by atoms with Gasteiger partial charge in [-0.05, 0) is 7.05 Å². The van der Waals surface area contributed by atoms with Gasteiger partial charge in [0.15, 0.2) is 0 Å². The standard InChI is InChI=1S/C6H11N3O3/c1-7-2-5(10)8-4-3-12-9-6(4)11/h4,7H,2-3H2,1H3,(H,8,10)(H,9,11)/t4-/m1/s1. The van der Waals surface area contributed by atoms with Crippen molar-refractivity contribution in [1.82, 2.24) is 16.1 Å². The Kier molecular flexibility index (Phi) is 3.01. The zero-order valence-electron chi connectivity index (χ0n) is 6.72. The van der Waals surface area contributed by atoms with Gasteiger partial charge in [0, 0.05) is 0 Å². The van der Waals surface area contributed by atoms with Gasteiger partial charge in [-0.15, -0.1) is 0 Å². The molecular formula is C6H11N3O3. The van der Waals surface area contributed by atoms with E-state index in [1.54, 1.807) is 7.05 Å². The van der Waals surface area contributed by atoms with Crippen molar-refractivity contribution in [2.45, 2.75) is 6.04 Å². The van der Waals surface area contributed by atoms with Gasteiger partial charge in [0.25, 0.3) is 5.91 Å². The highest BCUT2D eigenvalue weighted by Gasteiger charge is 2.26. The number of hydroxylamine groups is 1. The SMILES string of the molecule is CNCC(=O)N[C@@H]1CONC1=O. The molecule has 6 nitrogen and oxygen atoms in total. The number of rotatable bonds is 3. The maximum atomic E-state index is 10.9. The Labute approximate surface area is 69.6 Å². The minimum atomic E-state index is -0.550. The molecule has 1 atom stereocenters. The summed E-state index contributed by atoms with van der Waals surface area (Å²) in [5.41, 5.74) is 2.14. The molecule has 0 spiro atoms. The van der Waals surface area contributed by atoms with Crippen LogP contribution in [0.15, 0.2) is 0 Å². The molecule has 0 aromatic carbocycles. The predicted molar refractivity (Wildman–Crippen MR) is 40.0 cm³/mol. The van der Waals surface area contributed by atoms with E-state index in [1.807, 2.05) is 0 Å². The molecule has 0 aromatic heterocycles. The largest absolute Gasteiger partial charge is 0.341 e. The maximum absolute atomic E-state index is 10.9. The number of carbonyl (C=O) groups is 2. The monoisotopic (exact) mass is 173 g/mol. The highest BCUT2D eigenvalue weighted by atomic mass is 16.7. The summed E-state index contributed by atoms with van der Waals surface area (Å²) in [6, 6.07) is -0.550. The van der Waals surface area contributed by atoms with E-state index in [9.17, 15) is 9.59 Å². The highest BCUT2D eigenvalue weighted by Crippen LogP contribution is 1.92. The normalized spacial score (nSPS) is 22.1. The smallest absolute Gasteiger partial charge is 0.268 e. The fourth-order valence-electron chi connectivity index (χ4n) is 0.856. The second-order valence-electron chi connectivity index (χ2n) is 2.43. The highest BCUT2D eigenvalue weighted by molar-refractivity contribution is 5.88. The van der Waals surface area contributed by atoms with Crippen molar-refractivity contribution >= 4 is 11.8 Å². The van der Waals surface area contributed by atoms with E-state index in [0.29, 0.717) is 0 Å². The molecule has 0 aliphatic carbocycles. The third kappa shape index (κ3) is 2.18. The molecule has 0 unspecified atom stereocenters. The molecule has 12 heavy (non-hydrogen) atoms. The Balaban J connectivity index is 2.30. The summed E-state index contributed by atoms with van der Waals surface area (Å²) in [4.78, 5) is 26.4. The first-order valence-corrected chi connectivity index (χ1v) is 3.59. The van der Waals surface area contributed by atoms with Crippen LogP contribution in [-0.2, 0) is 14.4 Å². The summed E-state index contributed by atoms with van der Waals surface area (Å²) >= 11 is 0. The second-order valence-corrected chi connectivity index (χ2v) is 2.43. The predicted octanol–water partition coefficient (Wildman–Crippen LogP) is -2.25. The minimum Gasteiger partial charge on any atom is -0.341 e. The van der Waals surface area contributed by atoms with Crippen molar-refractivity contribution in [2.75, 3.05) is 20.2 Å². The lowest BCUT2D eigenvalue weighted by atomic mass is 10.3. The average molecular weight is 173 g/mol. The Morgan fingerprint density at radius 2 is 2.58 bits per heavy atom. The van der Waals surface area contributed by atoms with Crippen molar-refractivity contribution in [3.8, 4) is 0 Å². The van der Waals surface area contributed by atoms with Crippen molar-refractivity contribution in [2.24, 2.45) is 0 Å². The van der Waals surface area contributed by atoms with Crippen LogP contribution < -0.4 is 16.1 Å². The van der Waals surface area contributed by atoms with Crippen LogP contribution in [0.25, 0.3) is 0 Å². The molecule has 0 bridgehead atoms. The first-order valence-electron chi connectivity index (χ1n) is 3.59. The number of nitrogens with one attached hydrogen (secondary N) is 3. The van der Waals surface area contributed by atoms with Gasteiger partial charge in [-0.1, -0.05) is 0 Å². The molecule has 1 fully saturated rings. The summed E-state index contributed by atoms with van der Waals surface area (Å²) in [6.07, 6.45) is 0.